The molecule has 0 saturated carbocycles. The molecule has 0 fully saturated rings. The molecular formula is C8H8I. The van der Waals surface area contributed by atoms with Gasteiger partial charge in [-0.1, -0.05) is 12.1 Å². The molecule has 0 aliphatic heterocycles. The highest BCUT2D eigenvalue weighted by Gasteiger charge is 1.94. The van der Waals surface area contributed by atoms with E-state index < -0.39 is 0 Å². The molecule has 0 heterocycles. The maximum Gasteiger partial charge on any atom is 0.0189 e. The maximum absolute atomic E-state index is 3.06. The van der Waals surface area contributed by atoms with E-state index in [1.165, 1.54) is 14.7 Å². The molecule has 1 rings (SSSR count). The second kappa shape index (κ2) is 2.69. The van der Waals surface area contributed by atoms with Gasteiger partial charge in [-0.15, -0.1) is 0 Å². The Morgan fingerprint density at radius 1 is 1.22 bits per heavy atom. The molecule has 0 spiro atoms. The van der Waals surface area contributed by atoms with Crippen LogP contribution in [-0.4, -0.2) is 0 Å². The van der Waals surface area contributed by atoms with E-state index in [1.807, 2.05) is 12.1 Å². The third-order valence-corrected chi connectivity index (χ3v) is 2.99. The van der Waals surface area contributed by atoms with Crippen LogP contribution in [0.4, 0.5) is 0 Å². The van der Waals surface area contributed by atoms with E-state index in [0.29, 0.717) is 0 Å². The fraction of sp³-hybridized carbons (Fsp3) is 0.250. The number of halogens is 1. The van der Waals surface area contributed by atoms with E-state index >= 15 is 0 Å². The van der Waals surface area contributed by atoms with Crippen molar-refractivity contribution in [2.45, 2.75) is 13.8 Å². The molecule has 1 heteroatoms. The maximum atomic E-state index is 3.06. The van der Waals surface area contributed by atoms with Crippen LogP contribution >= 0.6 is 22.6 Å². The predicted octanol–water partition coefficient (Wildman–Crippen LogP) is 2.71. The number of benzene rings is 1. The lowest BCUT2D eigenvalue weighted by atomic mass is 10.2. The van der Waals surface area contributed by atoms with Crippen molar-refractivity contribution in [3.05, 3.63) is 32.9 Å². The number of aryl methyl sites for hydroxylation is 2. The minimum Gasteiger partial charge on any atom is -0.0504 e. The molecule has 1 radical (unpaired) electrons. The number of hydrogen-bond acceptors (Lipinski definition) is 0. The summed E-state index contributed by atoms with van der Waals surface area (Å²) in [4.78, 5) is 0. The molecule has 0 unspecified atom stereocenters. The largest absolute Gasteiger partial charge is 0.0504 e. The van der Waals surface area contributed by atoms with Gasteiger partial charge < -0.3 is 0 Å². The molecule has 0 atom stereocenters. The molecule has 1 aromatic rings. The van der Waals surface area contributed by atoms with Gasteiger partial charge in [0.2, 0.25) is 0 Å². The van der Waals surface area contributed by atoms with Crippen molar-refractivity contribution in [2.24, 2.45) is 0 Å². The van der Waals surface area contributed by atoms with Crippen LogP contribution in [0.1, 0.15) is 11.1 Å². The van der Waals surface area contributed by atoms with Crippen molar-refractivity contribution in [3.63, 3.8) is 0 Å². The first-order valence-electron chi connectivity index (χ1n) is 2.84. The lowest BCUT2D eigenvalue weighted by Gasteiger charge is -1.98. The van der Waals surface area contributed by atoms with Gasteiger partial charge in [-0.3, -0.25) is 0 Å². The van der Waals surface area contributed by atoms with Crippen molar-refractivity contribution in [2.75, 3.05) is 0 Å². The summed E-state index contributed by atoms with van der Waals surface area (Å²) in [5.41, 5.74) is 2.63. The summed E-state index contributed by atoms with van der Waals surface area (Å²) in [7, 11) is 0. The quantitative estimate of drug-likeness (QED) is 0.602. The highest BCUT2D eigenvalue weighted by Crippen LogP contribution is 2.14. The van der Waals surface area contributed by atoms with Gasteiger partial charge in [0.05, 0.1) is 0 Å². The fourth-order valence-electron chi connectivity index (χ4n) is 0.729. The van der Waals surface area contributed by atoms with Crippen LogP contribution in [0.5, 0.6) is 0 Å². The zero-order valence-electron chi connectivity index (χ0n) is 5.53. The van der Waals surface area contributed by atoms with Gasteiger partial charge in [-0.25, -0.2) is 0 Å². The minimum absolute atomic E-state index is 1.32. The van der Waals surface area contributed by atoms with E-state index in [0.717, 1.165) is 0 Å². The van der Waals surface area contributed by atoms with Gasteiger partial charge >= 0.3 is 0 Å². The summed E-state index contributed by atoms with van der Waals surface area (Å²) >= 11 is 2.35. The standard InChI is InChI=1S/C8H8I/c1-6-4-3-5-7(2)8(6)9/h4-5H,1-2H3. The molecule has 0 bridgehead atoms. The molecule has 0 aromatic heterocycles. The second-order valence-corrected chi connectivity index (χ2v) is 3.21. The van der Waals surface area contributed by atoms with Crippen molar-refractivity contribution in [3.8, 4) is 0 Å². The van der Waals surface area contributed by atoms with Gasteiger partial charge in [-0.2, -0.15) is 0 Å². The van der Waals surface area contributed by atoms with E-state index in [2.05, 4.69) is 42.5 Å². The molecule has 0 saturated heterocycles. The monoisotopic (exact) mass is 231 g/mol. The third kappa shape index (κ3) is 1.45. The van der Waals surface area contributed by atoms with Crippen molar-refractivity contribution in [1.82, 2.24) is 0 Å². The third-order valence-electron chi connectivity index (χ3n) is 1.29. The zero-order chi connectivity index (χ0) is 6.85. The molecular weight excluding hydrogens is 223 g/mol. The summed E-state index contributed by atoms with van der Waals surface area (Å²) in [6, 6.07) is 7.08. The molecule has 0 N–H and O–H groups in total. The molecule has 9 heavy (non-hydrogen) atoms. The van der Waals surface area contributed by atoms with E-state index in [9.17, 15) is 0 Å². The lowest BCUT2D eigenvalue weighted by molar-refractivity contribution is 1.33. The van der Waals surface area contributed by atoms with Crippen LogP contribution < -0.4 is 0 Å². The Balaban J connectivity index is 3.25. The Labute approximate surface area is 69.4 Å². The first kappa shape index (κ1) is 7.06. The molecule has 0 amide bonds. The average molecular weight is 231 g/mol. The second-order valence-electron chi connectivity index (χ2n) is 2.14. The first-order chi connectivity index (χ1) is 4.22. The fourth-order valence-corrected chi connectivity index (χ4v) is 1.04. The number of hydrogen-bond donors (Lipinski definition) is 0. The van der Waals surface area contributed by atoms with Crippen LogP contribution in [0.2, 0.25) is 0 Å². The first-order valence-corrected chi connectivity index (χ1v) is 3.92. The topological polar surface area (TPSA) is 0 Å². The summed E-state index contributed by atoms with van der Waals surface area (Å²) < 4.78 is 1.35. The molecule has 0 aliphatic carbocycles. The minimum atomic E-state index is 1.32. The van der Waals surface area contributed by atoms with E-state index in [-0.39, 0.29) is 0 Å². The lowest BCUT2D eigenvalue weighted by Crippen LogP contribution is -1.82. The Morgan fingerprint density at radius 2 is 1.67 bits per heavy atom. The van der Waals surface area contributed by atoms with Crippen molar-refractivity contribution < 1.29 is 0 Å². The van der Waals surface area contributed by atoms with Gasteiger partial charge in [0.1, 0.15) is 0 Å². The van der Waals surface area contributed by atoms with E-state index in [1.54, 1.807) is 0 Å². The van der Waals surface area contributed by atoms with Crippen LogP contribution in [0.15, 0.2) is 12.1 Å². The van der Waals surface area contributed by atoms with Crippen LogP contribution in [-0.2, 0) is 0 Å². The molecule has 0 aliphatic rings. The van der Waals surface area contributed by atoms with Gasteiger partial charge in [0.25, 0.3) is 0 Å². The molecule has 0 nitrogen and oxygen atoms in total. The summed E-state index contributed by atoms with van der Waals surface area (Å²) in [5.74, 6) is 0. The Kier molecular flexibility index (Phi) is 2.11. The summed E-state index contributed by atoms with van der Waals surface area (Å²) in [6.45, 7) is 4.20. The van der Waals surface area contributed by atoms with Gasteiger partial charge in [0, 0.05) is 3.57 Å². The van der Waals surface area contributed by atoms with Crippen molar-refractivity contribution in [1.29, 1.82) is 0 Å². The average Bonchev–Trinajstić information content (AvgIpc) is 1.83. The summed E-state index contributed by atoms with van der Waals surface area (Å²) in [6.07, 6.45) is 0. The Morgan fingerprint density at radius 3 is 2.00 bits per heavy atom. The Hall–Kier alpha value is -0.0500. The van der Waals surface area contributed by atoms with E-state index in [4.69, 9.17) is 0 Å². The highest BCUT2D eigenvalue weighted by molar-refractivity contribution is 14.1. The van der Waals surface area contributed by atoms with Gasteiger partial charge in [-0.05, 0) is 53.6 Å². The summed E-state index contributed by atoms with van der Waals surface area (Å²) in [5, 5.41) is 0. The Bertz CT molecular complexity index is 196. The molecule has 1 aromatic carbocycles. The SMILES string of the molecule is Cc1c[c]cc(C)c1I. The van der Waals surface area contributed by atoms with Crippen LogP contribution in [0.3, 0.4) is 0 Å². The predicted molar refractivity (Wildman–Crippen MR) is 47.5 cm³/mol. The van der Waals surface area contributed by atoms with Crippen molar-refractivity contribution >= 4 is 22.6 Å². The smallest absolute Gasteiger partial charge is 0.0189 e. The normalized spacial score (nSPS) is 9.67. The van der Waals surface area contributed by atoms with Crippen LogP contribution in [0, 0.1) is 23.5 Å². The van der Waals surface area contributed by atoms with Gasteiger partial charge in [0.15, 0.2) is 0 Å². The van der Waals surface area contributed by atoms with Crippen LogP contribution in [0.25, 0.3) is 0 Å². The molecule has 47 valence electrons. The highest BCUT2D eigenvalue weighted by atomic mass is 127. The zero-order valence-corrected chi connectivity index (χ0v) is 7.69. The number of rotatable bonds is 0.